The molecule has 0 spiro atoms. The number of rotatable bonds is 6. The summed E-state index contributed by atoms with van der Waals surface area (Å²) in [5.41, 5.74) is 11.1. The van der Waals surface area contributed by atoms with Gasteiger partial charge in [-0.25, -0.2) is 4.39 Å². The summed E-state index contributed by atoms with van der Waals surface area (Å²) in [5.74, 6) is -0.180. The lowest BCUT2D eigenvalue weighted by molar-refractivity contribution is 0.0763. The van der Waals surface area contributed by atoms with E-state index < -0.39 is 5.60 Å². The van der Waals surface area contributed by atoms with Gasteiger partial charge in [-0.05, 0) is 79.6 Å². The molecule has 0 atom stereocenters. The van der Waals surface area contributed by atoms with Gasteiger partial charge in [0.15, 0.2) is 0 Å². The number of pyridine rings is 1. The number of hydrogen-bond donors (Lipinski definition) is 2. The van der Waals surface area contributed by atoms with Crippen molar-refractivity contribution in [1.82, 2.24) is 9.88 Å². The summed E-state index contributed by atoms with van der Waals surface area (Å²) in [4.78, 5) is 22.9. The number of aliphatic imine (C=N–C) groups is 1. The molecule has 1 aliphatic heterocycles. The molecular weight excluding hydrogens is 443 g/mol. The number of benzene rings is 2. The van der Waals surface area contributed by atoms with Crippen molar-refractivity contribution in [3.8, 4) is 11.1 Å². The summed E-state index contributed by atoms with van der Waals surface area (Å²) < 4.78 is 15.7. The molecular formula is C28H29FN4O2. The van der Waals surface area contributed by atoms with Gasteiger partial charge in [0.05, 0.1) is 23.4 Å². The number of nitrogens with two attached hydrogens (primary N) is 1. The number of halogens is 1. The highest BCUT2D eigenvalue weighted by atomic mass is 19.1. The quantitative estimate of drug-likeness (QED) is 0.399. The van der Waals surface area contributed by atoms with Crippen molar-refractivity contribution in [2.75, 3.05) is 12.8 Å². The van der Waals surface area contributed by atoms with Crippen molar-refractivity contribution in [1.29, 1.82) is 0 Å². The number of carbonyl (C=O) groups excluding carboxylic acids is 1. The lowest BCUT2D eigenvalue weighted by Gasteiger charge is -2.23. The highest BCUT2D eigenvalue weighted by Gasteiger charge is 2.33. The second-order valence-electron chi connectivity index (χ2n) is 9.93. The molecule has 180 valence electrons. The number of hydrogen-bond acceptors (Lipinski definition) is 5. The lowest BCUT2D eigenvalue weighted by Crippen LogP contribution is -2.24. The van der Waals surface area contributed by atoms with Crippen molar-refractivity contribution in [3.05, 3.63) is 81.9 Å². The first kappa shape index (κ1) is 23.2. The first-order chi connectivity index (χ1) is 16.7. The zero-order valence-electron chi connectivity index (χ0n) is 20.2. The van der Waals surface area contributed by atoms with Crippen LogP contribution in [0.15, 0.2) is 47.6 Å². The number of aromatic nitrogens is 1. The predicted octanol–water partition coefficient (Wildman–Crippen LogP) is 4.78. The second-order valence-corrected chi connectivity index (χ2v) is 9.93. The molecule has 1 saturated carbocycles. The number of aliphatic hydroxyl groups is 1. The van der Waals surface area contributed by atoms with Gasteiger partial charge in [0.2, 0.25) is 0 Å². The number of nitrogen functional groups attached to an aromatic ring is 1. The molecule has 5 rings (SSSR count). The fraction of sp³-hybridized carbons (Fsp3) is 0.321. The number of carbonyl (C=O) groups is 1. The van der Waals surface area contributed by atoms with E-state index >= 15 is 4.39 Å². The SMILES string of the molecule is CN=Cc1cc(-c2cc(F)c(CN3Cc4ncccc4C3=O)c(C3CC3)c2)cc(C(C)(C)O)c1N. The summed E-state index contributed by atoms with van der Waals surface area (Å²) in [7, 11) is 1.66. The molecule has 35 heavy (non-hydrogen) atoms. The molecule has 6 nitrogen and oxygen atoms in total. The lowest BCUT2D eigenvalue weighted by atomic mass is 9.88. The third-order valence-corrected chi connectivity index (χ3v) is 6.82. The maximum absolute atomic E-state index is 15.7. The van der Waals surface area contributed by atoms with Crippen LogP contribution in [0, 0.1) is 5.82 Å². The minimum Gasteiger partial charge on any atom is -0.398 e. The zero-order valence-corrected chi connectivity index (χ0v) is 20.2. The van der Waals surface area contributed by atoms with E-state index in [4.69, 9.17) is 5.73 Å². The Morgan fingerprint density at radius 3 is 2.66 bits per heavy atom. The van der Waals surface area contributed by atoms with Gasteiger partial charge >= 0.3 is 0 Å². The monoisotopic (exact) mass is 472 g/mol. The molecule has 0 saturated heterocycles. The molecule has 0 bridgehead atoms. The predicted molar refractivity (Wildman–Crippen MR) is 135 cm³/mol. The molecule has 2 heterocycles. The molecule has 1 fully saturated rings. The summed E-state index contributed by atoms with van der Waals surface area (Å²) in [6.07, 6.45) is 5.31. The highest BCUT2D eigenvalue weighted by molar-refractivity contribution is 5.97. The summed E-state index contributed by atoms with van der Waals surface area (Å²) >= 11 is 0. The average Bonchev–Trinajstić information content (AvgIpc) is 3.60. The van der Waals surface area contributed by atoms with Gasteiger partial charge in [0, 0.05) is 48.4 Å². The molecule has 2 aromatic carbocycles. The van der Waals surface area contributed by atoms with E-state index in [2.05, 4.69) is 9.98 Å². The van der Waals surface area contributed by atoms with Gasteiger partial charge in [-0.1, -0.05) is 6.07 Å². The molecule has 7 heteroatoms. The Bertz CT molecular complexity index is 1360. The maximum atomic E-state index is 15.7. The minimum atomic E-state index is -1.17. The molecule has 3 N–H and O–H groups in total. The third kappa shape index (κ3) is 4.32. The van der Waals surface area contributed by atoms with Crippen molar-refractivity contribution in [2.24, 2.45) is 4.99 Å². The van der Waals surface area contributed by atoms with Crippen LogP contribution in [0.3, 0.4) is 0 Å². The standard InChI is InChI=1S/C28H29FN4O2/c1-28(2,35)23-11-17(9-19(13-31-3)26(23)30)18-10-21(16-6-7-16)22(24(29)12-18)14-33-15-25-20(27(33)34)5-4-8-32-25/h4-5,8-13,16,35H,6-7,14-15,30H2,1-3H3. The summed E-state index contributed by atoms with van der Waals surface area (Å²) in [5, 5.41) is 10.7. The van der Waals surface area contributed by atoms with E-state index in [1.165, 1.54) is 6.07 Å². The Labute approximate surface area is 204 Å². The van der Waals surface area contributed by atoms with E-state index in [0.29, 0.717) is 40.0 Å². The van der Waals surface area contributed by atoms with Crippen LogP contribution in [0.2, 0.25) is 0 Å². The molecule has 1 amide bonds. The molecule has 1 aromatic heterocycles. The van der Waals surface area contributed by atoms with Crippen LogP contribution in [0.1, 0.15) is 70.9 Å². The van der Waals surface area contributed by atoms with Gasteiger partial charge in [-0.15, -0.1) is 0 Å². The second kappa shape index (κ2) is 8.57. The highest BCUT2D eigenvalue weighted by Crippen LogP contribution is 2.45. The Morgan fingerprint density at radius 2 is 2.00 bits per heavy atom. The van der Waals surface area contributed by atoms with Crippen molar-refractivity contribution in [2.45, 2.75) is 51.3 Å². The van der Waals surface area contributed by atoms with Gasteiger partial charge in [-0.3, -0.25) is 14.8 Å². The largest absolute Gasteiger partial charge is 0.398 e. The Morgan fingerprint density at radius 1 is 1.26 bits per heavy atom. The maximum Gasteiger partial charge on any atom is 0.256 e. The molecule has 0 unspecified atom stereocenters. The summed E-state index contributed by atoms with van der Waals surface area (Å²) in [6.45, 7) is 3.94. The van der Waals surface area contributed by atoms with Crippen LogP contribution < -0.4 is 5.73 Å². The number of fused-ring (bicyclic) bond motifs is 1. The fourth-order valence-electron chi connectivity index (χ4n) is 4.84. The van der Waals surface area contributed by atoms with Crippen molar-refractivity contribution < 1.29 is 14.3 Å². The van der Waals surface area contributed by atoms with Crippen LogP contribution in [0.25, 0.3) is 11.1 Å². The van der Waals surface area contributed by atoms with E-state index in [1.807, 2.05) is 18.2 Å². The summed E-state index contributed by atoms with van der Waals surface area (Å²) in [6, 6.07) is 10.7. The van der Waals surface area contributed by atoms with Crippen LogP contribution in [0.4, 0.5) is 10.1 Å². The van der Waals surface area contributed by atoms with E-state index in [0.717, 1.165) is 29.7 Å². The smallest absolute Gasteiger partial charge is 0.256 e. The topological polar surface area (TPSA) is 91.8 Å². The van der Waals surface area contributed by atoms with Crippen molar-refractivity contribution >= 4 is 17.8 Å². The molecule has 0 radical (unpaired) electrons. The number of nitrogens with zero attached hydrogens (tertiary/aromatic N) is 3. The van der Waals surface area contributed by atoms with Gasteiger partial charge < -0.3 is 15.7 Å². The van der Waals surface area contributed by atoms with E-state index in [1.54, 1.807) is 50.3 Å². The van der Waals surface area contributed by atoms with E-state index in [-0.39, 0.29) is 24.2 Å². The first-order valence-electron chi connectivity index (χ1n) is 11.8. The Balaban J connectivity index is 1.56. The molecule has 3 aromatic rings. The average molecular weight is 473 g/mol. The van der Waals surface area contributed by atoms with Crippen molar-refractivity contribution in [3.63, 3.8) is 0 Å². The van der Waals surface area contributed by atoms with Gasteiger partial charge in [0.25, 0.3) is 5.91 Å². The first-order valence-corrected chi connectivity index (χ1v) is 11.8. The Kier molecular flexibility index (Phi) is 5.68. The van der Waals surface area contributed by atoms with Crippen LogP contribution in [-0.4, -0.2) is 34.2 Å². The third-order valence-electron chi connectivity index (χ3n) is 6.82. The van der Waals surface area contributed by atoms with Gasteiger partial charge in [-0.2, -0.15) is 0 Å². The van der Waals surface area contributed by atoms with Gasteiger partial charge in [0.1, 0.15) is 5.82 Å². The molecule has 1 aliphatic carbocycles. The fourth-order valence-corrected chi connectivity index (χ4v) is 4.84. The normalized spacial score (nSPS) is 15.8. The minimum absolute atomic E-state index is 0.116. The van der Waals surface area contributed by atoms with Crippen LogP contribution in [-0.2, 0) is 18.7 Å². The Hall–Kier alpha value is -3.58. The van der Waals surface area contributed by atoms with Crippen LogP contribution >= 0.6 is 0 Å². The number of anilines is 1. The number of amides is 1. The van der Waals surface area contributed by atoms with E-state index in [9.17, 15) is 9.90 Å². The molecule has 2 aliphatic rings. The van der Waals surface area contributed by atoms with Crippen LogP contribution in [0.5, 0.6) is 0 Å². The zero-order chi connectivity index (χ0) is 24.9.